The number of imidazole rings is 1. The normalized spacial score (nSPS) is 12.4. The lowest BCUT2D eigenvalue weighted by Crippen LogP contribution is -2.33. The summed E-state index contributed by atoms with van der Waals surface area (Å²) in [5, 5.41) is 0. The Morgan fingerprint density at radius 3 is 3.00 bits per heavy atom. The summed E-state index contributed by atoms with van der Waals surface area (Å²) in [6, 6.07) is 0. The number of nitrogens with one attached hydrogen (secondary N) is 1. The van der Waals surface area contributed by atoms with Crippen LogP contribution in [0.25, 0.3) is 0 Å². The van der Waals surface area contributed by atoms with Crippen LogP contribution >= 0.6 is 0 Å². The Kier molecular flexibility index (Phi) is 4.94. The molecule has 0 saturated carbocycles. The third-order valence-corrected chi connectivity index (χ3v) is 2.37. The largest absolute Gasteiger partial charge is 0.380 e. The Hall–Kier alpha value is -1.40. The average molecular weight is 226 g/mol. The number of aromatic nitrogens is 2. The highest BCUT2D eigenvalue weighted by molar-refractivity contribution is 5.76. The highest BCUT2D eigenvalue weighted by Gasteiger charge is 2.15. The van der Waals surface area contributed by atoms with Crippen molar-refractivity contribution in [3.8, 4) is 0 Å². The molecule has 1 rings (SSSR count). The van der Waals surface area contributed by atoms with Crippen molar-refractivity contribution >= 4 is 5.91 Å². The maximum Gasteiger partial charge on any atom is 0.225 e. The Bertz CT molecular complexity index is 309. The molecule has 6 heteroatoms. The summed E-state index contributed by atoms with van der Waals surface area (Å²) in [5.41, 5.74) is 5.45. The van der Waals surface area contributed by atoms with Gasteiger partial charge in [0.05, 0.1) is 19.1 Å². The molecule has 0 bridgehead atoms. The maximum absolute atomic E-state index is 11.7. The Labute approximate surface area is 94.8 Å². The molecular formula is C10H18N4O2. The Balaban J connectivity index is 2.41. The van der Waals surface area contributed by atoms with Gasteiger partial charge in [0.1, 0.15) is 5.82 Å². The fourth-order valence-corrected chi connectivity index (χ4v) is 1.31. The van der Waals surface area contributed by atoms with Crippen LogP contribution in [0.15, 0.2) is 12.4 Å². The first-order chi connectivity index (χ1) is 7.67. The summed E-state index contributed by atoms with van der Waals surface area (Å²) < 4.78 is 5.06. The SMILES string of the molecule is COC(CN)CC(=O)N(C)Cc1ncc[nH]1. The maximum atomic E-state index is 11.7. The zero-order valence-corrected chi connectivity index (χ0v) is 9.64. The molecule has 0 saturated heterocycles. The topological polar surface area (TPSA) is 84.2 Å². The van der Waals surface area contributed by atoms with Crippen molar-refractivity contribution in [2.45, 2.75) is 19.1 Å². The molecule has 1 aromatic heterocycles. The van der Waals surface area contributed by atoms with Gasteiger partial charge in [-0.1, -0.05) is 0 Å². The minimum absolute atomic E-state index is 0.00583. The number of hydrogen-bond donors (Lipinski definition) is 2. The van der Waals surface area contributed by atoms with Crippen molar-refractivity contribution in [1.82, 2.24) is 14.9 Å². The molecule has 1 atom stereocenters. The van der Waals surface area contributed by atoms with Gasteiger partial charge in [0.2, 0.25) is 5.91 Å². The van der Waals surface area contributed by atoms with Gasteiger partial charge >= 0.3 is 0 Å². The van der Waals surface area contributed by atoms with Crippen LogP contribution in [0.1, 0.15) is 12.2 Å². The number of ether oxygens (including phenoxy) is 1. The molecule has 0 spiro atoms. The summed E-state index contributed by atoms with van der Waals surface area (Å²) in [4.78, 5) is 20.3. The van der Waals surface area contributed by atoms with Gasteiger partial charge in [-0.3, -0.25) is 4.79 Å². The van der Waals surface area contributed by atoms with Crippen molar-refractivity contribution in [2.24, 2.45) is 5.73 Å². The number of nitrogens with two attached hydrogens (primary N) is 1. The van der Waals surface area contributed by atoms with E-state index in [9.17, 15) is 4.79 Å². The van der Waals surface area contributed by atoms with E-state index in [0.717, 1.165) is 5.82 Å². The van der Waals surface area contributed by atoms with Crippen molar-refractivity contribution in [3.63, 3.8) is 0 Å². The molecule has 0 fully saturated rings. The molecular weight excluding hydrogens is 208 g/mol. The number of hydrogen-bond acceptors (Lipinski definition) is 4. The molecule has 0 radical (unpaired) electrons. The van der Waals surface area contributed by atoms with Gasteiger partial charge in [0.15, 0.2) is 0 Å². The predicted molar refractivity (Wildman–Crippen MR) is 59.5 cm³/mol. The first-order valence-corrected chi connectivity index (χ1v) is 5.12. The van der Waals surface area contributed by atoms with Crippen LogP contribution < -0.4 is 5.73 Å². The molecule has 1 aromatic rings. The van der Waals surface area contributed by atoms with Gasteiger partial charge < -0.3 is 20.4 Å². The van der Waals surface area contributed by atoms with Gasteiger partial charge in [-0.05, 0) is 0 Å². The van der Waals surface area contributed by atoms with Gasteiger partial charge in [-0.25, -0.2) is 4.98 Å². The molecule has 3 N–H and O–H groups in total. The standard InChI is InChI=1S/C10H18N4O2/c1-14(7-9-12-3-4-13-9)10(15)5-8(6-11)16-2/h3-4,8H,5-7,11H2,1-2H3,(H,12,13). The van der Waals surface area contributed by atoms with Crippen LogP contribution in [0, 0.1) is 0 Å². The van der Waals surface area contributed by atoms with E-state index in [2.05, 4.69) is 9.97 Å². The minimum atomic E-state index is -0.216. The molecule has 6 nitrogen and oxygen atoms in total. The highest BCUT2D eigenvalue weighted by atomic mass is 16.5. The summed E-state index contributed by atoms with van der Waals surface area (Å²) in [7, 11) is 3.28. The third-order valence-electron chi connectivity index (χ3n) is 2.37. The van der Waals surface area contributed by atoms with E-state index in [0.29, 0.717) is 19.5 Å². The van der Waals surface area contributed by atoms with Gasteiger partial charge in [-0.2, -0.15) is 0 Å². The van der Waals surface area contributed by atoms with Crippen molar-refractivity contribution in [1.29, 1.82) is 0 Å². The minimum Gasteiger partial charge on any atom is -0.380 e. The van der Waals surface area contributed by atoms with Crippen molar-refractivity contribution in [3.05, 3.63) is 18.2 Å². The number of methoxy groups -OCH3 is 1. The summed E-state index contributed by atoms with van der Waals surface area (Å²) >= 11 is 0. The van der Waals surface area contributed by atoms with Gasteiger partial charge in [0, 0.05) is 33.1 Å². The fraction of sp³-hybridized carbons (Fsp3) is 0.600. The highest BCUT2D eigenvalue weighted by Crippen LogP contribution is 2.02. The van der Waals surface area contributed by atoms with Crippen LogP contribution in [0.3, 0.4) is 0 Å². The second-order valence-electron chi connectivity index (χ2n) is 3.58. The zero-order chi connectivity index (χ0) is 12.0. The van der Waals surface area contributed by atoms with Crippen LogP contribution in [-0.4, -0.2) is 47.6 Å². The molecule has 1 amide bonds. The number of aromatic amines is 1. The van der Waals surface area contributed by atoms with Crippen LogP contribution in [0.2, 0.25) is 0 Å². The number of rotatable bonds is 6. The molecule has 0 aromatic carbocycles. The lowest BCUT2D eigenvalue weighted by molar-refractivity contribution is -0.132. The van der Waals surface area contributed by atoms with E-state index in [-0.39, 0.29) is 12.0 Å². The van der Waals surface area contributed by atoms with Gasteiger partial charge in [-0.15, -0.1) is 0 Å². The quantitative estimate of drug-likeness (QED) is 0.699. The Morgan fingerprint density at radius 2 is 2.50 bits per heavy atom. The molecule has 0 aliphatic carbocycles. The van der Waals surface area contributed by atoms with Crippen molar-refractivity contribution < 1.29 is 9.53 Å². The molecule has 1 heterocycles. The second kappa shape index (κ2) is 6.24. The average Bonchev–Trinajstić information content (AvgIpc) is 2.78. The van der Waals surface area contributed by atoms with Crippen molar-refractivity contribution in [2.75, 3.05) is 20.7 Å². The van der Waals surface area contributed by atoms with E-state index >= 15 is 0 Å². The smallest absolute Gasteiger partial charge is 0.225 e. The van der Waals surface area contributed by atoms with E-state index < -0.39 is 0 Å². The van der Waals surface area contributed by atoms with E-state index in [4.69, 9.17) is 10.5 Å². The Morgan fingerprint density at radius 1 is 1.75 bits per heavy atom. The lowest BCUT2D eigenvalue weighted by atomic mass is 10.2. The molecule has 16 heavy (non-hydrogen) atoms. The lowest BCUT2D eigenvalue weighted by Gasteiger charge is -2.19. The first kappa shape index (κ1) is 12.7. The second-order valence-corrected chi connectivity index (χ2v) is 3.58. The number of nitrogens with zero attached hydrogens (tertiary/aromatic N) is 2. The monoisotopic (exact) mass is 226 g/mol. The third kappa shape index (κ3) is 3.63. The molecule has 0 aliphatic heterocycles. The summed E-state index contributed by atoms with van der Waals surface area (Å²) in [5.74, 6) is 0.756. The molecule has 1 unspecified atom stereocenters. The van der Waals surface area contributed by atoms with Crippen LogP contribution in [-0.2, 0) is 16.1 Å². The number of H-pyrrole nitrogens is 1. The van der Waals surface area contributed by atoms with E-state index in [1.165, 1.54) is 0 Å². The first-order valence-electron chi connectivity index (χ1n) is 5.12. The summed E-state index contributed by atoms with van der Waals surface area (Å²) in [6.45, 7) is 0.809. The number of carbonyl (C=O) groups is 1. The molecule has 90 valence electrons. The van der Waals surface area contributed by atoms with Gasteiger partial charge in [0.25, 0.3) is 0 Å². The number of amides is 1. The fourth-order valence-electron chi connectivity index (χ4n) is 1.31. The van der Waals surface area contributed by atoms with Crippen LogP contribution in [0.5, 0.6) is 0 Å². The molecule has 0 aliphatic rings. The predicted octanol–water partition coefficient (Wildman–Crippen LogP) is -0.268. The van der Waals surface area contributed by atoms with E-state index in [1.807, 2.05) is 0 Å². The van der Waals surface area contributed by atoms with Crippen LogP contribution in [0.4, 0.5) is 0 Å². The number of carbonyl (C=O) groups excluding carboxylic acids is 1. The summed E-state index contributed by atoms with van der Waals surface area (Å²) in [6.07, 6.45) is 3.47. The van der Waals surface area contributed by atoms with E-state index in [1.54, 1.807) is 31.5 Å². The zero-order valence-electron chi connectivity index (χ0n) is 9.64.